The van der Waals surface area contributed by atoms with Crippen molar-refractivity contribution in [1.82, 2.24) is 20.2 Å². The number of benzene rings is 1. The topological polar surface area (TPSA) is 78.8 Å². The molecule has 1 aromatic carbocycles. The van der Waals surface area contributed by atoms with Crippen LogP contribution in [0.1, 0.15) is 26.8 Å². The van der Waals surface area contributed by atoms with Crippen LogP contribution in [0.25, 0.3) is 11.4 Å². The fraction of sp³-hybridized carbons (Fsp3) is 0.500. The van der Waals surface area contributed by atoms with Crippen LogP contribution in [0, 0.1) is 5.92 Å². The lowest BCUT2D eigenvalue weighted by molar-refractivity contribution is 0.0913. The van der Waals surface area contributed by atoms with E-state index >= 15 is 0 Å². The van der Waals surface area contributed by atoms with Crippen molar-refractivity contribution in [3.8, 4) is 11.4 Å². The molecule has 2 rings (SSSR count). The number of hydrogen-bond acceptors (Lipinski definition) is 5. The number of aromatic nitrogens is 4. The van der Waals surface area contributed by atoms with Gasteiger partial charge in [0, 0.05) is 12.3 Å². The number of nitrogen functional groups attached to an aromatic ring is 1. The van der Waals surface area contributed by atoms with E-state index in [-0.39, 0.29) is 6.04 Å². The normalized spacial score (nSPS) is 12.8. The fourth-order valence-electron chi connectivity index (χ4n) is 2.14. The lowest BCUT2D eigenvalue weighted by atomic mass is 10.0. The predicted octanol–water partition coefficient (Wildman–Crippen LogP) is 2.81. The van der Waals surface area contributed by atoms with Crippen LogP contribution in [-0.4, -0.2) is 33.4 Å². The largest absolute Gasteiger partial charge is 0.398 e. The minimum atomic E-state index is 0.0191. The summed E-state index contributed by atoms with van der Waals surface area (Å²) in [4.78, 5) is 0. The van der Waals surface area contributed by atoms with E-state index in [1.165, 1.54) is 0 Å². The van der Waals surface area contributed by atoms with Crippen molar-refractivity contribution in [3.63, 3.8) is 0 Å². The summed E-state index contributed by atoms with van der Waals surface area (Å²) in [7, 11) is 0. The Morgan fingerprint density at radius 3 is 2.76 bits per heavy atom. The summed E-state index contributed by atoms with van der Waals surface area (Å²) >= 11 is 6.26. The van der Waals surface area contributed by atoms with E-state index in [0.717, 1.165) is 0 Å². The first-order valence-electron chi connectivity index (χ1n) is 6.96. The summed E-state index contributed by atoms with van der Waals surface area (Å²) in [5, 5.41) is 12.5. The maximum absolute atomic E-state index is 6.26. The zero-order valence-corrected chi connectivity index (χ0v) is 13.2. The van der Waals surface area contributed by atoms with Gasteiger partial charge in [-0.25, -0.2) is 4.68 Å². The van der Waals surface area contributed by atoms with E-state index in [1.54, 1.807) is 22.9 Å². The first kappa shape index (κ1) is 15.7. The third kappa shape index (κ3) is 3.33. The third-order valence-electron chi connectivity index (χ3n) is 3.34. The maximum atomic E-state index is 6.26. The molecule has 1 unspecified atom stereocenters. The van der Waals surface area contributed by atoms with Crippen LogP contribution in [-0.2, 0) is 4.74 Å². The number of nitrogens with two attached hydrogens (primary N) is 1. The maximum Gasteiger partial charge on any atom is 0.185 e. The van der Waals surface area contributed by atoms with Gasteiger partial charge in [-0.15, -0.1) is 5.10 Å². The van der Waals surface area contributed by atoms with Gasteiger partial charge in [-0.1, -0.05) is 31.5 Å². The summed E-state index contributed by atoms with van der Waals surface area (Å²) in [6.45, 7) is 7.35. The zero-order valence-electron chi connectivity index (χ0n) is 12.5. The fourth-order valence-corrected chi connectivity index (χ4v) is 2.41. The van der Waals surface area contributed by atoms with Crippen molar-refractivity contribution in [2.24, 2.45) is 5.92 Å². The van der Waals surface area contributed by atoms with Gasteiger partial charge in [0.25, 0.3) is 0 Å². The van der Waals surface area contributed by atoms with E-state index in [1.807, 2.05) is 6.92 Å². The van der Waals surface area contributed by atoms with Crippen LogP contribution in [0.3, 0.4) is 0 Å². The minimum absolute atomic E-state index is 0.0191. The van der Waals surface area contributed by atoms with Gasteiger partial charge in [-0.2, -0.15) is 0 Å². The van der Waals surface area contributed by atoms with Crippen molar-refractivity contribution in [2.45, 2.75) is 26.8 Å². The second kappa shape index (κ2) is 6.87. The number of nitrogens with zero attached hydrogens (tertiary/aromatic N) is 4. The van der Waals surface area contributed by atoms with Crippen LogP contribution >= 0.6 is 11.6 Å². The van der Waals surface area contributed by atoms with Crippen molar-refractivity contribution < 1.29 is 4.74 Å². The SMILES string of the molecule is CCOCC(C(C)C)n1nnnc1-c1c(N)cccc1Cl. The number of halogens is 1. The summed E-state index contributed by atoms with van der Waals surface area (Å²) < 4.78 is 7.30. The van der Waals surface area contributed by atoms with Gasteiger partial charge in [0.1, 0.15) is 0 Å². The Hall–Kier alpha value is -1.66. The number of anilines is 1. The van der Waals surface area contributed by atoms with E-state index < -0.39 is 0 Å². The average molecular weight is 310 g/mol. The Morgan fingerprint density at radius 1 is 1.38 bits per heavy atom. The van der Waals surface area contributed by atoms with Crippen LogP contribution < -0.4 is 5.73 Å². The molecule has 0 saturated carbocycles. The van der Waals surface area contributed by atoms with Crippen molar-refractivity contribution >= 4 is 17.3 Å². The lowest BCUT2D eigenvalue weighted by Gasteiger charge is -2.22. The summed E-state index contributed by atoms with van der Waals surface area (Å²) in [6, 6.07) is 5.38. The molecule has 0 spiro atoms. The number of tetrazole rings is 1. The molecule has 0 bridgehead atoms. The highest BCUT2D eigenvalue weighted by Crippen LogP contribution is 2.33. The summed E-state index contributed by atoms with van der Waals surface area (Å²) in [5.41, 5.74) is 7.25. The van der Waals surface area contributed by atoms with Crippen LogP contribution in [0.2, 0.25) is 5.02 Å². The Balaban J connectivity index is 2.46. The summed E-state index contributed by atoms with van der Waals surface area (Å²) in [6.07, 6.45) is 0. The van der Waals surface area contributed by atoms with Gasteiger partial charge in [-0.05, 0) is 35.4 Å². The highest BCUT2D eigenvalue weighted by atomic mass is 35.5. The second-order valence-corrected chi connectivity index (χ2v) is 5.53. The first-order chi connectivity index (χ1) is 10.1. The monoisotopic (exact) mass is 309 g/mol. The number of ether oxygens (including phenoxy) is 1. The molecule has 2 aromatic rings. The standard InChI is InChI=1S/C14H20ClN5O/c1-4-21-8-12(9(2)3)20-14(17-18-19-20)13-10(15)6-5-7-11(13)16/h5-7,9,12H,4,8,16H2,1-3H3. The molecular formula is C14H20ClN5O. The van der Waals surface area contributed by atoms with Gasteiger partial charge >= 0.3 is 0 Å². The summed E-state index contributed by atoms with van der Waals surface area (Å²) in [5.74, 6) is 0.874. The molecular weight excluding hydrogens is 290 g/mol. The molecule has 114 valence electrons. The van der Waals surface area contributed by atoms with Gasteiger partial charge in [0.15, 0.2) is 5.82 Å². The van der Waals surface area contributed by atoms with Gasteiger partial charge < -0.3 is 10.5 Å². The average Bonchev–Trinajstić information content (AvgIpc) is 2.88. The molecule has 0 aliphatic carbocycles. The molecule has 2 N–H and O–H groups in total. The first-order valence-corrected chi connectivity index (χ1v) is 7.34. The highest BCUT2D eigenvalue weighted by molar-refractivity contribution is 6.33. The number of hydrogen-bond donors (Lipinski definition) is 1. The Bertz CT molecular complexity index is 579. The Morgan fingerprint density at radius 2 is 2.14 bits per heavy atom. The van der Waals surface area contributed by atoms with Gasteiger partial charge in [0.2, 0.25) is 0 Å². The second-order valence-electron chi connectivity index (χ2n) is 5.12. The van der Waals surface area contributed by atoms with E-state index in [9.17, 15) is 0 Å². The molecule has 7 heteroatoms. The molecule has 0 aliphatic rings. The van der Waals surface area contributed by atoms with Crippen LogP contribution in [0.5, 0.6) is 0 Å². The molecule has 1 heterocycles. The lowest BCUT2D eigenvalue weighted by Crippen LogP contribution is -2.23. The third-order valence-corrected chi connectivity index (χ3v) is 3.65. The predicted molar refractivity (Wildman–Crippen MR) is 83.0 cm³/mol. The molecule has 0 saturated heterocycles. The smallest absolute Gasteiger partial charge is 0.185 e. The zero-order chi connectivity index (χ0) is 15.4. The van der Waals surface area contributed by atoms with Crippen molar-refractivity contribution in [2.75, 3.05) is 18.9 Å². The molecule has 0 aliphatic heterocycles. The van der Waals surface area contributed by atoms with Gasteiger partial charge in [-0.3, -0.25) is 0 Å². The van der Waals surface area contributed by atoms with Crippen LogP contribution in [0.4, 0.5) is 5.69 Å². The number of rotatable bonds is 6. The molecule has 21 heavy (non-hydrogen) atoms. The van der Waals surface area contributed by atoms with Crippen LogP contribution in [0.15, 0.2) is 18.2 Å². The molecule has 1 aromatic heterocycles. The van der Waals surface area contributed by atoms with E-state index in [4.69, 9.17) is 22.1 Å². The van der Waals surface area contributed by atoms with E-state index in [2.05, 4.69) is 29.4 Å². The molecule has 0 amide bonds. The molecule has 6 nitrogen and oxygen atoms in total. The minimum Gasteiger partial charge on any atom is -0.398 e. The molecule has 0 radical (unpaired) electrons. The quantitative estimate of drug-likeness (QED) is 0.830. The van der Waals surface area contributed by atoms with E-state index in [0.29, 0.717) is 41.2 Å². The van der Waals surface area contributed by atoms with Crippen molar-refractivity contribution in [3.05, 3.63) is 23.2 Å². The molecule has 1 atom stereocenters. The Labute approximate surface area is 129 Å². The Kier molecular flexibility index (Phi) is 5.14. The van der Waals surface area contributed by atoms with Crippen molar-refractivity contribution in [1.29, 1.82) is 0 Å². The molecule has 0 fully saturated rings. The van der Waals surface area contributed by atoms with Gasteiger partial charge in [0.05, 0.1) is 23.2 Å². The highest BCUT2D eigenvalue weighted by Gasteiger charge is 2.24.